The number of nitrogens with two attached hydrogens (primary N) is 1. The van der Waals surface area contributed by atoms with E-state index < -0.39 is 0 Å². The summed E-state index contributed by atoms with van der Waals surface area (Å²) in [4.78, 5) is 1.91. The lowest BCUT2D eigenvalue weighted by molar-refractivity contribution is 0.557. The van der Waals surface area contributed by atoms with Crippen molar-refractivity contribution in [2.24, 2.45) is 5.73 Å². The van der Waals surface area contributed by atoms with Crippen molar-refractivity contribution in [1.82, 2.24) is 4.90 Å². The number of rotatable bonds is 1. The fourth-order valence-electron chi connectivity index (χ4n) is 0.407. The maximum atomic E-state index is 5.31. The van der Waals surface area contributed by atoms with Crippen LogP contribution in [0.1, 0.15) is 6.92 Å². The van der Waals surface area contributed by atoms with Gasteiger partial charge in [-0.15, -0.1) is 0 Å². The maximum absolute atomic E-state index is 5.31. The lowest BCUT2D eigenvalue weighted by Gasteiger charge is -2.03. The molecule has 0 aliphatic heterocycles. The van der Waals surface area contributed by atoms with Crippen molar-refractivity contribution in [3.8, 4) is 0 Å². The fourth-order valence-corrected chi connectivity index (χ4v) is 0.407. The first-order valence-corrected chi connectivity index (χ1v) is 2.23. The molecule has 2 N–H and O–H groups in total. The Kier molecular flexibility index (Phi) is 2.27. The Hall–Kier alpha value is -0.660. The minimum absolute atomic E-state index is 0.838. The van der Waals surface area contributed by atoms with Crippen LogP contribution in [-0.4, -0.2) is 19.0 Å². The normalized spacial score (nSPS) is 11.6. The number of allylic oxidation sites excluding steroid dienone is 1. The van der Waals surface area contributed by atoms with Gasteiger partial charge in [0.2, 0.25) is 0 Å². The Bertz CT molecular complexity index is 70.1. The van der Waals surface area contributed by atoms with E-state index in [2.05, 4.69) is 0 Å². The summed E-state index contributed by atoms with van der Waals surface area (Å²) in [6, 6.07) is 0. The summed E-state index contributed by atoms with van der Waals surface area (Å²) in [5.74, 6) is 0. The topological polar surface area (TPSA) is 29.3 Å². The maximum Gasteiger partial charge on any atom is 0.0210 e. The van der Waals surface area contributed by atoms with Crippen LogP contribution in [0.25, 0.3) is 0 Å². The molecule has 0 atom stereocenters. The molecule has 7 heavy (non-hydrogen) atoms. The van der Waals surface area contributed by atoms with Crippen LogP contribution in [0.2, 0.25) is 0 Å². The standard InChI is InChI=1S/C5H12N2/c1-5(6)4-7(2)3/h4H,6H2,1-3H3. The van der Waals surface area contributed by atoms with Gasteiger partial charge in [-0.25, -0.2) is 0 Å². The molecule has 0 aromatic carbocycles. The molecule has 0 bridgehead atoms. The first kappa shape index (κ1) is 6.34. The zero-order valence-electron chi connectivity index (χ0n) is 5.10. The Morgan fingerprint density at radius 3 is 2.00 bits per heavy atom. The molecule has 2 nitrogen and oxygen atoms in total. The van der Waals surface area contributed by atoms with Crippen molar-refractivity contribution in [1.29, 1.82) is 0 Å². The van der Waals surface area contributed by atoms with Gasteiger partial charge in [0, 0.05) is 26.0 Å². The molecular weight excluding hydrogens is 88.1 g/mol. The van der Waals surface area contributed by atoms with Crippen LogP contribution < -0.4 is 5.73 Å². The summed E-state index contributed by atoms with van der Waals surface area (Å²) in [7, 11) is 3.88. The van der Waals surface area contributed by atoms with Crippen LogP contribution in [0.15, 0.2) is 11.9 Å². The van der Waals surface area contributed by atoms with Gasteiger partial charge in [-0.2, -0.15) is 0 Å². The average Bonchev–Trinajstić information content (AvgIpc) is 1.27. The Morgan fingerprint density at radius 2 is 2.00 bits per heavy atom. The largest absolute Gasteiger partial charge is 0.401 e. The highest BCUT2D eigenvalue weighted by molar-refractivity contribution is 4.88. The second-order valence-corrected chi connectivity index (χ2v) is 1.84. The number of hydrogen-bond donors (Lipinski definition) is 1. The van der Waals surface area contributed by atoms with E-state index in [-0.39, 0.29) is 0 Å². The Labute approximate surface area is 44.6 Å². The second-order valence-electron chi connectivity index (χ2n) is 1.84. The summed E-state index contributed by atoms with van der Waals surface area (Å²) in [6.07, 6.45) is 1.86. The van der Waals surface area contributed by atoms with Crippen molar-refractivity contribution in [2.45, 2.75) is 6.92 Å². The Morgan fingerprint density at radius 1 is 1.57 bits per heavy atom. The van der Waals surface area contributed by atoms with Gasteiger partial charge in [-0.3, -0.25) is 0 Å². The van der Waals surface area contributed by atoms with E-state index in [1.165, 1.54) is 0 Å². The molecule has 0 unspecified atom stereocenters. The van der Waals surface area contributed by atoms with E-state index in [0.29, 0.717) is 0 Å². The zero-order valence-corrected chi connectivity index (χ0v) is 5.10. The van der Waals surface area contributed by atoms with Crippen LogP contribution in [-0.2, 0) is 0 Å². The molecule has 0 rings (SSSR count). The minimum atomic E-state index is 0.838. The van der Waals surface area contributed by atoms with Crippen molar-refractivity contribution < 1.29 is 0 Å². The smallest absolute Gasteiger partial charge is 0.0210 e. The van der Waals surface area contributed by atoms with Gasteiger partial charge in [0.05, 0.1) is 0 Å². The van der Waals surface area contributed by atoms with Gasteiger partial charge in [0.1, 0.15) is 0 Å². The van der Waals surface area contributed by atoms with Gasteiger partial charge in [-0.05, 0) is 6.92 Å². The van der Waals surface area contributed by atoms with E-state index in [1.807, 2.05) is 32.1 Å². The van der Waals surface area contributed by atoms with Crippen LogP contribution in [0.5, 0.6) is 0 Å². The van der Waals surface area contributed by atoms with Crippen molar-refractivity contribution in [3.05, 3.63) is 11.9 Å². The first-order chi connectivity index (χ1) is 3.13. The molecule has 0 amide bonds. The van der Waals surface area contributed by atoms with Gasteiger partial charge >= 0.3 is 0 Å². The highest BCUT2D eigenvalue weighted by Gasteiger charge is 1.75. The molecule has 0 aromatic heterocycles. The van der Waals surface area contributed by atoms with Crippen LogP contribution in [0.3, 0.4) is 0 Å². The van der Waals surface area contributed by atoms with E-state index in [1.54, 1.807) is 0 Å². The van der Waals surface area contributed by atoms with E-state index in [0.717, 1.165) is 5.70 Å². The van der Waals surface area contributed by atoms with E-state index in [9.17, 15) is 0 Å². The van der Waals surface area contributed by atoms with Gasteiger partial charge < -0.3 is 10.6 Å². The molecule has 2 heteroatoms. The van der Waals surface area contributed by atoms with Gasteiger partial charge in [0.25, 0.3) is 0 Å². The zero-order chi connectivity index (χ0) is 5.86. The lowest BCUT2D eigenvalue weighted by Crippen LogP contribution is -2.05. The summed E-state index contributed by atoms with van der Waals surface area (Å²) in [6.45, 7) is 1.86. The molecular formula is C5H12N2. The molecule has 0 aromatic rings. The van der Waals surface area contributed by atoms with Crippen molar-refractivity contribution in [3.63, 3.8) is 0 Å². The van der Waals surface area contributed by atoms with Gasteiger partial charge in [0.15, 0.2) is 0 Å². The van der Waals surface area contributed by atoms with E-state index in [4.69, 9.17) is 5.73 Å². The molecule has 0 saturated carbocycles. The quantitative estimate of drug-likeness (QED) is 0.515. The van der Waals surface area contributed by atoms with Crippen LogP contribution in [0, 0.1) is 0 Å². The van der Waals surface area contributed by atoms with Gasteiger partial charge in [-0.1, -0.05) is 0 Å². The molecule has 0 aliphatic carbocycles. The minimum Gasteiger partial charge on any atom is -0.401 e. The second kappa shape index (κ2) is 2.50. The third-order valence-corrected chi connectivity index (χ3v) is 0.462. The third-order valence-electron chi connectivity index (χ3n) is 0.462. The summed E-state index contributed by atoms with van der Waals surface area (Å²) < 4.78 is 0. The van der Waals surface area contributed by atoms with Crippen LogP contribution in [0.4, 0.5) is 0 Å². The third kappa shape index (κ3) is 5.34. The lowest BCUT2D eigenvalue weighted by atomic mass is 10.5. The summed E-state index contributed by atoms with van der Waals surface area (Å²) >= 11 is 0. The number of nitrogens with zero attached hydrogens (tertiary/aromatic N) is 1. The molecule has 0 saturated heterocycles. The highest BCUT2D eigenvalue weighted by atomic mass is 15.0. The fraction of sp³-hybridized carbons (Fsp3) is 0.600. The summed E-state index contributed by atoms with van der Waals surface area (Å²) in [5, 5.41) is 0. The highest BCUT2D eigenvalue weighted by Crippen LogP contribution is 1.80. The molecule has 0 heterocycles. The van der Waals surface area contributed by atoms with Crippen molar-refractivity contribution in [2.75, 3.05) is 14.1 Å². The monoisotopic (exact) mass is 100 g/mol. The predicted molar refractivity (Wildman–Crippen MR) is 31.6 cm³/mol. The van der Waals surface area contributed by atoms with Crippen molar-refractivity contribution >= 4 is 0 Å². The molecule has 0 radical (unpaired) electrons. The molecule has 0 fully saturated rings. The number of hydrogen-bond acceptors (Lipinski definition) is 2. The molecule has 42 valence electrons. The SMILES string of the molecule is CC(N)=CN(C)C. The summed E-state index contributed by atoms with van der Waals surface area (Å²) in [5.41, 5.74) is 6.15. The predicted octanol–water partition coefficient (Wildman–Crippen LogP) is 0.368. The average molecular weight is 100 g/mol. The molecule has 0 spiro atoms. The first-order valence-electron chi connectivity index (χ1n) is 2.23. The van der Waals surface area contributed by atoms with Crippen LogP contribution >= 0.6 is 0 Å². The molecule has 0 aliphatic rings. The Balaban J connectivity index is 3.45. The van der Waals surface area contributed by atoms with E-state index >= 15 is 0 Å².